The van der Waals surface area contributed by atoms with Crippen molar-refractivity contribution in [2.45, 2.75) is 12.5 Å². The van der Waals surface area contributed by atoms with Crippen molar-refractivity contribution in [3.8, 4) is 11.5 Å². The van der Waals surface area contributed by atoms with Crippen molar-refractivity contribution in [2.24, 2.45) is 0 Å². The Morgan fingerprint density at radius 1 is 1.17 bits per heavy atom. The molecule has 0 bridgehead atoms. The summed E-state index contributed by atoms with van der Waals surface area (Å²) in [6.07, 6.45) is -3.78. The lowest BCUT2D eigenvalue weighted by molar-refractivity contribution is -0.274. The van der Waals surface area contributed by atoms with Crippen molar-refractivity contribution in [1.29, 1.82) is 0 Å². The minimum atomic E-state index is -4.86. The standard InChI is InChI=1S/C18H14ClF5N2O3S/c1-30-25-17(27)11-5-14(21)16(6-13(11)20)28-10-7-26(8-10)9-2-3-15(12(19)4-9)29-18(22,23)24/h2-6,10H,7-8H2,1H3,(H,25,27). The van der Waals surface area contributed by atoms with E-state index in [-0.39, 0.29) is 23.9 Å². The minimum Gasteiger partial charge on any atom is -0.484 e. The van der Waals surface area contributed by atoms with E-state index in [1.54, 1.807) is 11.2 Å². The molecule has 30 heavy (non-hydrogen) atoms. The van der Waals surface area contributed by atoms with Gasteiger partial charge in [0.1, 0.15) is 17.7 Å². The zero-order chi connectivity index (χ0) is 22.1. The molecule has 0 unspecified atom stereocenters. The molecule has 0 aromatic heterocycles. The van der Waals surface area contributed by atoms with Gasteiger partial charge in [0.2, 0.25) is 0 Å². The summed E-state index contributed by atoms with van der Waals surface area (Å²) >= 11 is 6.77. The third-order valence-electron chi connectivity index (χ3n) is 4.11. The number of amides is 1. The molecule has 2 aromatic carbocycles. The molecule has 1 heterocycles. The normalized spacial score (nSPS) is 14.3. The van der Waals surface area contributed by atoms with Gasteiger partial charge in [-0.05, 0) is 24.3 Å². The van der Waals surface area contributed by atoms with E-state index in [4.69, 9.17) is 16.3 Å². The van der Waals surface area contributed by atoms with E-state index in [1.807, 2.05) is 0 Å². The summed E-state index contributed by atoms with van der Waals surface area (Å²) in [6, 6.07) is 5.34. The highest BCUT2D eigenvalue weighted by molar-refractivity contribution is 7.97. The zero-order valence-corrected chi connectivity index (χ0v) is 16.8. The highest BCUT2D eigenvalue weighted by Gasteiger charge is 2.33. The van der Waals surface area contributed by atoms with Crippen LogP contribution in [0.15, 0.2) is 30.3 Å². The Morgan fingerprint density at radius 2 is 1.87 bits per heavy atom. The molecule has 1 aliphatic rings. The molecule has 1 amide bonds. The summed E-state index contributed by atoms with van der Waals surface area (Å²) in [4.78, 5) is 13.4. The lowest BCUT2D eigenvalue weighted by atomic mass is 10.1. The van der Waals surface area contributed by atoms with Crippen LogP contribution in [0.3, 0.4) is 0 Å². The summed E-state index contributed by atoms with van der Waals surface area (Å²) in [6.45, 7) is 0.539. The maximum atomic E-state index is 14.2. The van der Waals surface area contributed by atoms with E-state index < -0.39 is 41.3 Å². The average Bonchev–Trinajstić information content (AvgIpc) is 2.61. The summed E-state index contributed by atoms with van der Waals surface area (Å²) in [5.74, 6) is -3.46. The molecule has 1 saturated heterocycles. The van der Waals surface area contributed by atoms with Crippen LogP contribution in [0.1, 0.15) is 10.4 Å². The Labute approximate surface area is 177 Å². The quantitative estimate of drug-likeness (QED) is 0.488. The Balaban J connectivity index is 1.62. The van der Waals surface area contributed by atoms with Crippen LogP contribution >= 0.6 is 23.5 Å². The van der Waals surface area contributed by atoms with Gasteiger partial charge in [-0.25, -0.2) is 8.78 Å². The van der Waals surface area contributed by atoms with E-state index in [9.17, 15) is 26.7 Å². The van der Waals surface area contributed by atoms with E-state index in [2.05, 4.69) is 9.46 Å². The Kier molecular flexibility index (Phi) is 6.51. The molecule has 2 aromatic rings. The number of nitrogens with zero attached hydrogens (tertiary/aromatic N) is 1. The van der Waals surface area contributed by atoms with Crippen LogP contribution in [0, 0.1) is 11.6 Å². The summed E-state index contributed by atoms with van der Waals surface area (Å²) in [5, 5.41) is -0.221. The van der Waals surface area contributed by atoms with Crippen molar-refractivity contribution in [1.82, 2.24) is 4.72 Å². The molecular formula is C18H14ClF5N2O3S. The second-order valence-electron chi connectivity index (χ2n) is 6.21. The van der Waals surface area contributed by atoms with E-state index in [0.29, 0.717) is 5.69 Å². The lowest BCUT2D eigenvalue weighted by Crippen LogP contribution is -2.54. The van der Waals surface area contributed by atoms with Crippen LogP contribution < -0.4 is 19.1 Å². The summed E-state index contributed by atoms with van der Waals surface area (Å²) < 4.78 is 76.7. The molecule has 0 aliphatic carbocycles. The highest BCUT2D eigenvalue weighted by Crippen LogP contribution is 2.35. The number of nitrogens with one attached hydrogen (secondary N) is 1. The monoisotopic (exact) mass is 468 g/mol. The number of alkyl halides is 3. The zero-order valence-electron chi connectivity index (χ0n) is 15.2. The number of benzene rings is 2. The topological polar surface area (TPSA) is 50.8 Å². The van der Waals surface area contributed by atoms with Gasteiger partial charge in [0.15, 0.2) is 11.6 Å². The number of hydrogen-bond donors (Lipinski definition) is 1. The van der Waals surface area contributed by atoms with Crippen LogP contribution in [-0.2, 0) is 0 Å². The predicted molar refractivity (Wildman–Crippen MR) is 102 cm³/mol. The number of carbonyl (C=O) groups excluding carboxylic acids is 1. The minimum absolute atomic E-state index is 0.221. The molecule has 0 saturated carbocycles. The molecule has 5 nitrogen and oxygen atoms in total. The maximum Gasteiger partial charge on any atom is 0.573 e. The van der Waals surface area contributed by atoms with Gasteiger partial charge in [0.25, 0.3) is 5.91 Å². The fraction of sp³-hybridized carbons (Fsp3) is 0.278. The number of anilines is 1. The van der Waals surface area contributed by atoms with Crippen molar-refractivity contribution in [2.75, 3.05) is 24.2 Å². The van der Waals surface area contributed by atoms with Gasteiger partial charge < -0.3 is 14.4 Å². The smallest absolute Gasteiger partial charge is 0.484 e. The number of halogens is 6. The highest BCUT2D eigenvalue weighted by atomic mass is 35.5. The van der Waals surface area contributed by atoms with E-state index >= 15 is 0 Å². The number of rotatable bonds is 6. The molecule has 12 heteroatoms. The van der Waals surface area contributed by atoms with Crippen molar-refractivity contribution >= 4 is 35.1 Å². The first-order valence-electron chi connectivity index (χ1n) is 8.36. The van der Waals surface area contributed by atoms with Gasteiger partial charge in [-0.15, -0.1) is 13.2 Å². The van der Waals surface area contributed by atoms with E-state index in [1.165, 1.54) is 12.1 Å². The first kappa shape index (κ1) is 22.3. The molecule has 1 fully saturated rings. The van der Waals surface area contributed by atoms with Gasteiger partial charge in [-0.3, -0.25) is 9.52 Å². The number of carbonyl (C=O) groups is 1. The fourth-order valence-corrected chi connectivity index (χ4v) is 3.25. The fourth-order valence-electron chi connectivity index (χ4n) is 2.74. The average molecular weight is 469 g/mol. The van der Waals surface area contributed by atoms with Gasteiger partial charge in [-0.1, -0.05) is 23.5 Å². The lowest BCUT2D eigenvalue weighted by Gasteiger charge is -2.40. The van der Waals surface area contributed by atoms with Gasteiger partial charge in [0.05, 0.1) is 23.7 Å². The van der Waals surface area contributed by atoms with Crippen LogP contribution in [-0.4, -0.2) is 37.7 Å². The van der Waals surface area contributed by atoms with Crippen LogP contribution in [0.2, 0.25) is 5.02 Å². The number of hydrogen-bond acceptors (Lipinski definition) is 5. The Hall–Kier alpha value is -2.40. The molecule has 0 spiro atoms. The number of ether oxygens (including phenoxy) is 2. The molecular weight excluding hydrogens is 455 g/mol. The Bertz CT molecular complexity index is 954. The first-order valence-corrected chi connectivity index (χ1v) is 9.97. The summed E-state index contributed by atoms with van der Waals surface area (Å²) in [5.41, 5.74) is 0.0744. The largest absolute Gasteiger partial charge is 0.573 e. The predicted octanol–water partition coefficient (Wildman–Crippen LogP) is 4.79. The van der Waals surface area contributed by atoms with Gasteiger partial charge in [0, 0.05) is 18.0 Å². The molecule has 3 rings (SSSR count). The van der Waals surface area contributed by atoms with E-state index in [0.717, 1.165) is 30.1 Å². The maximum absolute atomic E-state index is 14.2. The molecule has 0 radical (unpaired) electrons. The third-order valence-corrected chi connectivity index (χ3v) is 4.79. The van der Waals surface area contributed by atoms with Crippen molar-refractivity contribution in [3.63, 3.8) is 0 Å². The van der Waals surface area contributed by atoms with Crippen molar-refractivity contribution < 1.29 is 36.2 Å². The molecule has 1 N–H and O–H groups in total. The SMILES string of the molecule is CSNC(=O)c1cc(F)c(OC2CN(c3ccc(OC(F)(F)F)c(Cl)c3)C2)cc1F. The third kappa shape index (κ3) is 5.20. The second kappa shape index (κ2) is 8.76. The van der Waals surface area contributed by atoms with Crippen LogP contribution in [0.5, 0.6) is 11.5 Å². The Morgan fingerprint density at radius 3 is 2.47 bits per heavy atom. The molecule has 162 valence electrons. The van der Waals surface area contributed by atoms with Gasteiger partial charge >= 0.3 is 6.36 Å². The second-order valence-corrected chi connectivity index (χ2v) is 7.22. The van der Waals surface area contributed by atoms with Crippen LogP contribution in [0.4, 0.5) is 27.6 Å². The van der Waals surface area contributed by atoms with Gasteiger partial charge in [-0.2, -0.15) is 0 Å². The first-order chi connectivity index (χ1) is 14.1. The summed E-state index contributed by atoms with van der Waals surface area (Å²) in [7, 11) is 0. The van der Waals surface area contributed by atoms with Crippen molar-refractivity contribution in [3.05, 3.63) is 52.6 Å². The molecule has 1 aliphatic heterocycles. The molecule has 0 atom stereocenters. The van der Waals surface area contributed by atoms with Crippen LogP contribution in [0.25, 0.3) is 0 Å².